The van der Waals surface area contributed by atoms with Crippen LogP contribution in [0.15, 0.2) is 44.6 Å². The summed E-state index contributed by atoms with van der Waals surface area (Å²) >= 11 is 1.24. The first-order valence-electron chi connectivity index (χ1n) is 7.16. The maximum atomic E-state index is 12.2. The van der Waals surface area contributed by atoms with Gasteiger partial charge >= 0.3 is 0 Å². The molecule has 23 heavy (non-hydrogen) atoms. The number of thioether (sulfide) groups is 1. The fraction of sp³-hybridized carbons (Fsp3) is 0.235. The Bertz CT molecular complexity index is 851. The van der Waals surface area contributed by atoms with Crippen molar-refractivity contribution in [2.24, 2.45) is 0 Å². The number of benzene rings is 1. The second-order valence-corrected chi connectivity index (χ2v) is 6.20. The molecule has 0 bridgehead atoms. The van der Waals surface area contributed by atoms with Crippen LogP contribution >= 0.6 is 11.8 Å². The van der Waals surface area contributed by atoms with Crippen molar-refractivity contribution in [1.82, 2.24) is 10.2 Å². The maximum Gasteiger partial charge on any atom is 0.277 e. The van der Waals surface area contributed by atoms with E-state index in [0.717, 1.165) is 16.9 Å². The minimum Gasteiger partial charge on any atom is -0.469 e. The molecule has 0 radical (unpaired) electrons. The Morgan fingerprint density at radius 3 is 2.65 bits per heavy atom. The Labute approximate surface area is 138 Å². The molecule has 6 heteroatoms. The second-order valence-electron chi connectivity index (χ2n) is 5.27. The van der Waals surface area contributed by atoms with Gasteiger partial charge < -0.3 is 8.83 Å². The minimum absolute atomic E-state index is 0.0392. The van der Waals surface area contributed by atoms with Crippen molar-refractivity contribution in [2.45, 2.75) is 26.0 Å². The summed E-state index contributed by atoms with van der Waals surface area (Å²) in [6.07, 6.45) is 1.57. The van der Waals surface area contributed by atoms with E-state index < -0.39 is 0 Å². The molecule has 0 spiro atoms. The molecule has 0 N–H and O–H groups in total. The van der Waals surface area contributed by atoms with E-state index in [1.54, 1.807) is 12.3 Å². The highest BCUT2D eigenvalue weighted by atomic mass is 32.2. The smallest absolute Gasteiger partial charge is 0.277 e. The summed E-state index contributed by atoms with van der Waals surface area (Å²) in [5, 5.41) is 8.32. The number of aryl methyl sites for hydroxylation is 3. The van der Waals surface area contributed by atoms with Crippen LogP contribution in [-0.4, -0.2) is 21.7 Å². The van der Waals surface area contributed by atoms with Gasteiger partial charge in [0.25, 0.3) is 11.1 Å². The molecule has 0 saturated carbocycles. The molecular weight excluding hydrogens is 312 g/mol. The fourth-order valence-corrected chi connectivity index (χ4v) is 2.77. The van der Waals surface area contributed by atoms with Gasteiger partial charge in [-0.3, -0.25) is 4.79 Å². The van der Waals surface area contributed by atoms with Crippen LogP contribution in [0.4, 0.5) is 0 Å². The Kier molecular flexibility index (Phi) is 4.34. The summed E-state index contributed by atoms with van der Waals surface area (Å²) in [6.45, 7) is 5.85. The third-order valence-corrected chi connectivity index (χ3v) is 4.47. The quantitative estimate of drug-likeness (QED) is 0.515. The highest BCUT2D eigenvalue weighted by molar-refractivity contribution is 7.99. The molecule has 0 saturated heterocycles. The van der Waals surface area contributed by atoms with E-state index >= 15 is 0 Å². The molecule has 2 aromatic heterocycles. The van der Waals surface area contributed by atoms with Crippen LogP contribution < -0.4 is 0 Å². The van der Waals surface area contributed by atoms with E-state index in [0.29, 0.717) is 16.7 Å². The molecule has 1 aromatic carbocycles. The molecule has 0 amide bonds. The van der Waals surface area contributed by atoms with Crippen LogP contribution in [-0.2, 0) is 0 Å². The minimum atomic E-state index is 0.0392. The number of aromatic nitrogens is 2. The molecule has 118 valence electrons. The summed E-state index contributed by atoms with van der Waals surface area (Å²) in [5.74, 6) is 1.42. The Hall–Kier alpha value is -2.34. The topological polar surface area (TPSA) is 69.1 Å². The number of carbonyl (C=O) groups excluding carboxylic acids is 1. The van der Waals surface area contributed by atoms with E-state index in [1.165, 1.54) is 17.3 Å². The number of hydrogen-bond donors (Lipinski definition) is 0. The maximum absolute atomic E-state index is 12.2. The van der Waals surface area contributed by atoms with E-state index in [2.05, 4.69) is 10.2 Å². The van der Waals surface area contributed by atoms with Crippen molar-refractivity contribution in [3.8, 4) is 11.5 Å². The molecule has 2 heterocycles. The molecule has 0 atom stereocenters. The van der Waals surface area contributed by atoms with Crippen LogP contribution in [0, 0.1) is 20.8 Å². The van der Waals surface area contributed by atoms with E-state index in [-0.39, 0.29) is 11.5 Å². The van der Waals surface area contributed by atoms with Gasteiger partial charge in [-0.2, -0.15) is 0 Å². The van der Waals surface area contributed by atoms with Gasteiger partial charge in [-0.25, -0.2) is 0 Å². The number of rotatable bonds is 5. The number of carbonyl (C=O) groups is 1. The lowest BCUT2D eigenvalue weighted by Gasteiger charge is -2.03. The predicted octanol–water partition coefficient (Wildman–Crippen LogP) is 4.23. The lowest BCUT2D eigenvalue weighted by atomic mass is 10.0. The van der Waals surface area contributed by atoms with Gasteiger partial charge in [0.15, 0.2) is 5.78 Å². The lowest BCUT2D eigenvalue weighted by Crippen LogP contribution is -2.03. The molecular formula is C17H16N2O3S. The summed E-state index contributed by atoms with van der Waals surface area (Å²) in [6, 6.07) is 7.49. The number of Topliss-reactive ketones (excluding diaryl/α,β-unsaturated/α-hetero) is 1. The molecule has 3 rings (SSSR count). The van der Waals surface area contributed by atoms with Gasteiger partial charge in [0, 0.05) is 5.56 Å². The van der Waals surface area contributed by atoms with E-state index in [1.807, 2.05) is 39.0 Å². The number of ketones is 1. The van der Waals surface area contributed by atoms with Crippen molar-refractivity contribution in [1.29, 1.82) is 0 Å². The van der Waals surface area contributed by atoms with E-state index in [4.69, 9.17) is 8.83 Å². The summed E-state index contributed by atoms with van der Waals surface area (Å²) in [5.41, 5.74) is 3.75. The predicted molar refractivity (Wildman–Crippen MR) is 87.7 cm³/mol. The van der Waals surface area contributed by atoms with Gasteiger partial charge in [0.1, 0.15) is 5.76 Å². The summed E-state index contributed by atoms with van der Waals surface area (Å²) < 4.78 is 10.8. The van der Waals surface area contributed by atoms with Gasteiger partial charge in [-0.1, -0.05) is 23.9 Å². The molecule has 0 unspecified atom stereocenters. The standard InChI is InChI=1S/C17H16N2O3S/c1-10-4-5-13(8-11(10)2)15(20)9-23-17-19-18-16(22-17)14-6-7-21-12(14)3/h4-8H,9H2,1-3H3. The zero-order chi connectivity index (χ0) is 16.4. The lowest BCUT2D eigenvalue weighted by molar-refractivity contribution is 0.102. The number of hydrogen-bond acceptors (Lipinski definition) is 6. The van der Waals surface area contributed by atoms with Crippen LogP contribution in [0.5, 0.6) is 0 Å². The largest absolute Gasteiger partial charge is 0.469 e. The van der Waals surface area contributed by atoms with Gasteiger partial charge in [0.2, 0.25) is 0 Å². The summed E-state index contributed by atoms with van der Waals surface area (Å²) in [4.78, 5) is 12.2. The van der Waals surface area contributed by atoms with E-state index in [9.17, 15) is 4.79 Å². The van der Waals surface area contributed by atoms with Crippen molar-refractivity contribution >= 4 is 17.5 Å². The molecule has 3 aromatic rings. The second kappa shape index (κ2) is 6.42. The molecule has 5 nitrogen and oxygen atoms in total. The Morgan fingerprint density at radius 2 is 1.96 bits per heavy atom. The Balaban J connectivity index is 1.66. The molecule has 0 fully saturated rings. The molecule has 0 aliphatic rings. The van der Waals surface area contributed by atoms with Crippen molar-refractivity contribution in [2.75, 3.05) is 5.75 Å². The van der Waals surface area contributed by atoms with Crippen LogP contribution in [0.1, 0.15) is 27.2 Å². The number of furan rings is 1. The third-order valence-electron chi connectivity index (χ3n) is 3.65. The first kappa shape index (κ1) is 15.6. The van der Waals surface area contributed by atoms with Crippen molar-refractivity contribution < 1.29 is 13.6 Å². The SMILES string of the molecule is Cc1ccc(C(=O)CSc2nnc(-c3ccoc3C)o2)cc1C. The van der Waals surface area contributed by atoms with Crippen LogP contribution in [0.25, 0.3) is 11.5 Å². The highest BCUT2D eigenvalue weighted by Gasteiger charge is 2.15. The van der Waals surface area contributed by atoms with Gasteiger partial charge in [0.05, 0.1) is 17.6 Å². The summed E-state index contributed by atoms with van der Waals surface area (Å²) in [7, 11) is 0. The normalized spacial score (nSPS) is 10.9. The zero-order valence-corrected chi connectivity index (χ0v) is 13.9. The van der Waals surface area contributed by atoms with Crippen molar-refractivity contribution in [3.05, 3.63) is 53.0 Å². The van der Waals surface area contributed by atoms with Gasteiger partial charge in [-0.05, 0) is 44.0 Å². The van der Waals surface area contributed by atoms with Crippen LogP contribution in [0.3, 0.4) is 0 Å². The molecule has 0 aliphatic heterocycles. The average molecular weight is 328 g/mol. The first-order chi connectivity index (χ1) is 11.0. The fourth-order valence-electron chi connectivity index (χ4n) is 2.11. The number of nitrogens with zero attached hydrogens (tertiary/aromatic N) is 2. The highest BCUT2D eigenvalue weighted by Crippen LogP contribution is 2.26. The zero-order valence-electron chi connectivity index (χ0n) is 13.1. The first-order valence-corrected chi connectivity index (χ1v) is 8.14. The average Bonchev–Trinajstić information content (AvgIpc) is 3.16. The van der Waals surface area contributed by atoms with Crippen LogP contribution in [0.2, 0.25) is 0 Å². The van der Waals surface area contributed by atoms with Gasteiger partial charge in [-0.15, -0.1) is 10.2 Å². The molecule has 0 aliphatic carbocycles. The third kappa shape index (κ3) is 3.37. The van der Waals surface area contributed by atoms with Crippen molar-refractivity contribution in [3.63, 3.8) is 0 Å². The Morgan fingerprint density at radius 1 is 1.13 bits per heavy atom. The monoisotopic (exact) mass is 328 g/mol.